The summed E-state index contributed by atoms with van der Waals surface area (Å²) in [6.45, 7) is 6.85. The van der Waals surface area contributed by atoms with E-state index in [9.17, 15) is 9.59 Å². The van der Waals surface area contributed by atoms with Crippen molar-refractivity contribution in [2.45, 2.75) is 39.2 Å². The van der Waals surface area contributed by atoms with Crippen LogP contribution in [0.3, 0.4) is 0 Å². The van der Waals surface area contributed by atoms with Gasteiger partial charge in [-0.1, -0.05) is 13.8 Å². The molecule has 0 bridgehead atoms. The molecule has 1 saturated heterocycles. The van der Waals surface area contributed by atoms with Gasteiger partial charge >= 0.3 is 0 Å². The topological polar surface area (TPSA) is 67.2 Å². The van der Waals surface area contributed by atoms with E-state index in [1.807, 2.05) is 6.07 Å². The van der Waals surface area contributed by atoms with Gasteiger partial charge in [0.25, 0.3) is 5.91 Å². The molecule has 0 aliphatic carbocycles. The van der Waals surface area contributed by atoms with Crippen LogP contribution in [-0.2, 0) is 11.8 Å². The molecule has 0 spiro atoms. The van der Waals surface area contributed by atoms with Gasteiger partial charge in [0.05, 0.1) is 5.69 Å². The zero-order valence-electron chi connectivity index (χ0n) is 12.5. The van der Waals surface area contributed by atoms with Crippen LogP contribution in [0.4, 0.5) is 0 Å². The first-order chi connectivity index (χ1) is 9.38. The zero-order valence-corrected chi connectivity index (χ0v) is 12.5. The molecule has 6 nitrogen and oxygen atoms in total. The maximum Gasteiger partial charge on any atom is 0.272 e. The van der Waals surface area contributed by atoms with Gasteiger partial charge in [0.15, 0.2) is 0 Å². The SMILES string of the molecule is CC(=O)NC1CCN(C(=O)c2cc(C(C)C)nn2C)C1. The second kappa shape index (κ2) is 5.64. The van der Waals surface area contributed by atoms with Gasteiger partial charge in [-0.15, -0.1) is 0 Å². The molecule has 0 aromatic carbocycles. The summed E-state index contributed by atoms with van der Waals surface area (Å²) in [5.41, 5.74) is 1.53. The lowest BCUT2D eigenvalue weighted by Gasteiger charge is -2.16. The highest BCUT2D eigenvalue weighted by Crippen LogP contribution is 2.17. The number of carbonyl (C=O) groups is 2. The van der Waals surface area contributed by atoms with E-state index in [1.165, 1.54) is 6.92 Å². The summed E-state index contributed by atoms with van der Waals surface area (Å²) in [7, 11) is 1.79. The number of amides is 2. The van der Waals surface area contributed by atoms with Crippen LogP contribution in [0.5, 0.6) is 0 Å². The molecule has 0 radical (unpaired) electrons. The number of hydrogen-bond acceptors (Lipinski definition) is 3. The molecular formula is C14H22N4O2. The molecule has 2 rings (SSSR count). The molecule has 0 saturated carbocycles. The summed E-state index contributed by atoms with van der Waals surface area (Å²) >= 11 is 0. The van der Waals surface area contributed by atoms with E-state index in [0.717, 1.165) is 12.1 Å². The third-order valence-corrected chi connectivity index (χ3v) is 3.59. The summed E-state index contributed by atoms with van der Waals surface area (Å²) in [6.07, 6.45) is 0.806. The van der Waals surface area contributed by atoms with Crippen LogP contribution < -0.4 is 5.32 Å². The van der Waals surface area contributed by atoms with Crippen molar-refractivity contribution in [1.82, 2.24) is 20.0 Å². The Hall–Kier alpha value is -1.85. The number of carbonyl (C=O) groups excluding carboxylic acids is 2. The Bertz CT molecular complexity index is 521. The second-order valence-electron chi connectivity index (χ2n) is 5.67. The molecule has 1 aromatic rings. The summed E-state index contributed by atoms with van der Waals surface area (Å²) in [5.74, 6) is 0.236. The van der Waals surface area contributed by atoms with E-state index in [1.54, 1.807) is 16.6 Å². The van der Waals surface area contributed by atoms with Crippen molar-refractivity contribution in [3.63, 3.8) is 0 Å². The molecule has 110 valence electrons. The lowest BCUT2D eigenvalue weighted by Crippen LogP contribution is -2.37. The smallest absolute Gasteiger partial charge is 0.272 e. The standard InChI is InChI=1S/C14H22N4O2/c1-9(2)12-7-13(17(4)16-12)14(20)18-6-5-11(8-18)15-10(3)19/h7,9,11H,5-6,8H2,1-4H3,(H,15,19). The third kappa shape index (κ3) is 3.00. The van der Waals surface area contributed by atoms with Crippen molar-refractivity contribution in [2.75, 3.05) is 13.1 Å². The minimum absolute atomic E-state index is 0.0141. The first-order valence-corrected chi connectivity index (χ1v) is 6.98. The number of aryl methyl sites for hydroxylation is 1. The van der Waals surface area contributed by atoms with Crippen LogP contribution in [0.1, 0.15) is 49.3 Å². The largest absolute Gasteiger partial charge is 0.352 e. The number of hydrogen-bond donors (Lipinski definition) is 1. The van der Waals surface area contributed by atoms with Crippen molar-refractivity contribution in [3.8, 4) is 0 Å². The first-order valence-electron chi connectivity index (χ1n) is 6.98. The fraction of sp³-hybridized carbons (Fsp3) is 0.643. The van der Waals surface area contributed by atoms with E-state index < -0.39 is 0 Å². The van der Waals surface area contributed by atoms with Gasteiger partial charge in [-0.2, -0.15) is 5.10 Å². The molecule has 1 unspecified atom stereocenters. The number of nitrogens with one attached hydrogen (secondary N) is 1. The highest BCUT2D eigenvalue weighted by atomic mass is 16.2. The van der Waals surface area contributed by atoms with Crippen LogP contribution in [0, 0.1) is 0 Å². The van der Waals surface area contributed by atoms with E-state index in [4.69, 9.17) is 0 Å². The average Bonchev–Trinajstić information content (AvgIpc) is 2.94. The van der Waals surface area contributed by atoms with E-state index >= 15 is 0 Å². The van der Waals surface area contributed by atoms with Gasteiger partial charge in [0, 0.05) is 33.1 Å². The number of aromatic nitrogens is 2. The fourth-order valence-electron chi connectivity index (χ4n) is 2.48. The summed E-state index contributed by atoms with van der Waals surface area (Å²) in [6, 6.07) is 1.92. The molecule has 6 heteroatoms. The van der Waals surface area contributed by atoms with E-state index in [2.05, 4.69) is 24.3 Å². The summed E-state index contributed by atoms with van der Waals surface area (Å²) in [5, 5.41) is 7.23. The van der Waals surface area contributed by atoms with Crippen LogP contribution in [0.2, 0.25) is 0 Å². The minimum atomic E-state index is -0.0491. The third-order valence-electron chi connectivity index (χ3n) is 3.59. The summed E-state index contributed by atoms with van der Waals surface area (Å²) < 4.78 is 1.64. The van der Waals surface area contributed by atoms with Crippen molar-refractivity contribution in [2.24, 2.45) is 7.05 Å². The van der Waals surface area contributed by atoms with Gasteiger partial charge in [-0.25, -0.2) is 0 Å². The molecule has 1 N–H and O–H groups in total. The van der Waals surface area contributed by atoms with Gasteiger partial charge < -0.3 is 10.2 Å². The van der Waals surface area contributed by atoms with Crippen LogP contribution in [0.15, 0.2) is 6.07 Å². The number of likely N-dealkylation sites (tertiary alicyclic amines) is 1. The van der Waals surface area contributed by atoms with Crippen molar-refractivity contribution < 1.29 is 9.59 Å². The Morgan fingerprint density at radius 3 is 2.70 bits per heavy atom. The minimum Gasteiger partial charge on any atom is -0.352 e. The molecule has 20 heavy (non-hydrogen) atoms. The Balaban J connectivity index is 2.07. The van der Waals surface area contributed by atoms with Gasteiger partial charge in [0.1, 0.15) is 5.69 Å². The van der Waals surface area contributed by atoms with Crippen molar-refractivity contribution in [1.29, 1.82) is 0 Å². The molecule has 2 heterocycles. The fourth-order valence-corrected chi connectivity index (χ4v) is 2.48. The summed E-state index contributed by atoms with van der Waals surface area (Å²) in [4.78, 5) is 25.3. The molecule has 1 aromatic heterocycles. The van der Waals surface area contributed by atoms with Crippen LogP contribution >= 0.6 is 0 Å². The maximum atomic E-state index is 12.5. The Morgan fingerprint density at radius 1 is 1.45 bits per heavy atom. The van der Waals surface area contributed by atoms with Crippen LogP contribution in [0.25, 0.3) is 0 Å². The Kier molecular flexibility index (Phi) is 4.11. The zero-order chi connectivity index (χ0) is 14.9. The first kappa shape index (κ1) is 14.6. The Morgan fingerprint density at radius 2 is 2.15 bits per heavy atom. The monoisotopic (exact) mass is 278 g/mol. The lowest BCUT2D eigenvalue weighted by atomic mass is 10.1. The predicted molar refractivity (Wildman–Crippen MR) is 75.4 cm³/mol. The molecular weight excluding hydrogens is 256 g/mol. The lowest BCUT2D eigenvalue weighted by molar-refractivity contribution is -0.119. The quantitative estimate of drug-likeness (QED) is 0.893. The van der Waals surface area contributed by atoms with E-state index in [0.29, 0.717) is 24.7 Å². The van der Waals surface area contributed by atoms with Crippen molar-refractivity contribution >= 4 is 11.8 Å². The highest BCUT2D eigenvalue weighted by Gasteiger charge is 2.29. The molecule has 1 atom stereocenters. The van der Waals surface area contributed by atoms with E-state index in [-0.39, 0.29) is 17.9 Å². The molecule has 1 aliphatic rings. The van der Waals surface area contributed by atoms with Gasteiger partial charge in [-0.3, -0.25) is 14.3 Å². The van der Waals surface area contributed by atoms with Crippen molar-refractivity contribution in [3.05, 3.63) is 17.5 Å². The maximum absolute atomic E-state index is 12.5. The molecule has 1 aliphatic heterocycles. The second-order valence-corrected chi connectivity index (χ2v) is 5.67. The Labute approximate surface area is 119 Å². The van der Waals surface area contributed by atoms with Gasteiger partial charge in [0.2, 0.25) is 5.91 Å². The highest BCUT2D eigenvalue weighted by molar-refractivity contribution is 5.93. The normalized spacial score (nSPS) is 18.6. The molecule has 2 amide bonds. The predicted octanol–water partition coefficient (Wildman–Crippen LogP) is 0.894. The number of nitrogens with zero attached hydrogens (tertiary/aromatic N) is 3. The number of rotatable bonds is 3. The average molecular weight is 278 g/mol. The van der Waals surface area contributed by atoms with Crippen LogP contribution in [-0.4, -0.2) is 45.6 Å². The van der Waals surface area contributed by atoms with Gasteiger partial charge in [-0.05, 0) is 18.4 Å². The molecule has 1 fully saturated rings.